The van der Waals surface area contributed by atoms with Crippen molar-refractivity contribution in [1.82, 2.24) is 19.9 Å². The van der Waals surface area contributed by atoms with Crippen molar-refractivity contribution in [2.45, 2.75) is 6.18 Å². The van der Waals surface area contributed by atoms with Crippen LogP contribution in [0.4, 0.5) is 34.9 Å². The third-order valence-corrected chi connectivity index (χ3v) is 3.29. The van der Waals surface area contributed by atoms with Gasteiger partial charge in [0, 0.05) is 18.5 Å². The fourth-order valence-electron chi connectivity index (χ4n) is 2.07. The van der Waals surface area contributed by atoms with Gasteiger partial charge in [-0.05, 0) is 18.2 Å². The number of nitrogens with zero attached hydrogens (tertiary/aromatic N) is 4. The van der Waals surface area contributed by atoms with Crippen molar-refractivity contribution in [2.75, 3.05) is 17.2 Å². The van der Waals surface area contributed by atoms with E-state index in [1.54, 1.807) is 0 Å². The second kappa shape index (κ2) is 8.46. The van der Waals surface area contributed by atoms with Gasteiger partial charge in [0.15, 0.2) is 6.61 Å². The summed E-state index contributed by atoms with van der Waals surface area (Å²) < 4.78 is 54.6. The van der Waals surface area contributed by atoms with Gasteiger partial charge in [-0.25, -0.2) is 15.0 Å². The van der Waals surface area contributed by atoms with E-state index in [1.165, 1.54) is 36.8 Å². The number of anilines is 3. The average Bonchev–Trinajstić information content (AvgIpc) is 2.69. The Morgan fingerprint density at radius 1 is 1.07 bits per heavy atom. The molecule has 8 nitrogen and oxygen atoms in total. The van der Waals surface area contributed by atoms with E-state index < -0.39 is 24.6 Å². The van der Waals surface area contributed by atoms with Crippen LogP contribution in [0.15, 0.2) is 49.1 Å². The number of hydrogen-bond acceptors (Lipinski definition) is 7. The van der Waals surface area contributed by atoms with Crippen LogP contribution >= 0.6 is 0 Å². The molecule has 0 bridgehead atoms. The van der Waals surface area contributed by atoms with E-state index in [2.05, 4.69) is 35.3 Å². The van der Waals surface area contributed by atoms with E-state index in [4.69, 9.17) is 0 Å². The van der Waals surface area contributed by atoms with Crippen LogP contribution in [0.3, 0.4) is 0 Å². The summed E-state index contributed by atoms with van der Waals surface area (Å²) in [5.41, 5.74) is 0.250. The van der Waals surface area contributed by atoms with Crippen molar-refractivity contribution in [3.63, 3.8) is 0 Å². The molecule has 3 heterocycles. The molecule has 0 aliphatic carbocycles. The van der Waals surface area contributed by atoms with Gasteiger partial charge in [-0.15, -0.1) is 0 Å². The van der Waals surface area contributed by atoms with Crippen LogP contribution in [0.25, 0.3) is 0 Å². The summed E-state index contributed by atoms with van der Waals surface area (Å²) in [5.74, 6) is -1.55. The molecule has 2 N–H and O–H groups in total. The Labute approximate surface area is 161 Å². The monoisotopic (exact) mass is 408 g/mol. The summed E-state index contributed by atoms with van der Waals surface area (Å²) in [6, 6.07) is 5.02. The van der Waals surface area contributed by atoms with Crippen LogP contribution in [0, 0.1) is 5.95 Å². The summed E-state index contributed by atoms with van der Waals surface area (Å²) in [6.07, 6.45) is 0.350. The highest BCUT2D eigenvalue weighted by Crippen LogP contribution is 2.25. The lowest BCUT2D eigenvalue weighted by Gasteiger charge is -2.13. The van der Waals surface area contributed by atoms with Crippen LogP contribution in [0.2, 0.25) is 0 Å². The Balaban J connectivity index is 1.72. The predicted molar refractivity (Wildman–Crippen MR) is 93.2 cm³/mol. The van der Waals surface area contributed by atoms with Gasteiger partial charge in [-0.2, -0.15) is 17.6 Å². The number of alkyl halides is 3. The largest absolute Gasteiger partial charge is 0.482 e. The molecule has 3 aromatic rings. The SMILES string of the molecule is O=C(Nc1cnccc1OCC(F)(F)F)c1ccnc(Nc2ccc(F)nc2)n1. The lowest BCUT2D eigenvalue weighted by atomic mass is 10.3. The second-order valence-electron chi connectivity index (χ2n) is 5.49. The van der Waals surface area contributed by atoms with Gasteiger partial charge < -0.3 is 15.4 Å². The molecular formula is C17H12F4N6O2. The molecule has 3 aromatic heterocycles. The number of carbonyl (C=O) groups excluding carboxylic acids is 1. The number of carbonyl (C=O) groups is 1. The highest BCUT2D eigenvalue weighted by atomic mass is 19.4. The minimum absolute atomic E-state index is 0.0331. The highest BCUT2D eigenvalue weighted by Gasteiger charge is 2.29. The zero-order chi connectivity index (χ0) is 20.9. The van der Waals surface area contributed by atoms with Gasteiger partial charge in [0.25, 0.3) is 5.91 Å². The van der Waals surface area contributed by atoms with Gasteiger partial charge >= 0.3 is 6.18 Å². The third-order valence-electron chi connectivity index (χ3n) is 3.29. The van der Waals surface area contributed by atoms with Crippen molar-refractivity contribution < 1.29 is 27.1 Å². The Morgan fingerprint density at radius 2 is 1.90 bits per heavy atom. The number of rotatable bonds is 6. The van der Waals surface area contributed by atoms with Crippen LogP contribution < -0.4 is 15.4 Å². The maximum atomic E-state index is 12.9. The first-order chi connectivity index (χ1) is 13.8. The average molecular weight is 408 g/mol. The topological polar surface area (TPSA) is 102 Å². The number of amides is 1. The number of halogens is 4. The van der Waals surface area contributed by atoms with E-state index in [9.17, 15) is 22.4 Å². The standard InChI is InChI=1S/C17H12F4N6O2/c18-14-2-1-10(7-24-14)25-16-23-6-3-11(27-16)15(28)26-12-8-22-5-4-13(12)29-9-17(19,20)21/h1-8H,9H2,(H,26,28)(H,23,25,27). The Bertz CT molecular complexity index is 998. The van der Waals surface area contributed by atoms with Crippen LogP contribution in [-0.2, 0) is 0 Å². The van der Waals surface area contributed by atoms with Gasteiger partial charge in [-0.3, -0.25) is 9.78 Å². The van der Waals surface area contributed by atoms with Crippen molar-refractivity contribution in [3.8, 4) is 5.75 Å². The molecule has 3 rings (SSSR count). The highest BCUT2D eigenvalue weighted by molar-refractivity contribution is 6.03. The molecule has 0 spiro atoms. The smallest absolute Gasteiger partial charge is 0.422 e. The molecular weight excluding hydrogens is 396 g/mol. The van der Waals surface area contributed by atoms with Gasteiger partial charge in [0.05, 0.1) is 18.1 Å². The molecule has 0 radical (unpaired) electrons. The zero-order valence-electron chi connectivity index (χ0n) is 14.4. The minimum Gasteiger partial charge on any atom is -0.482 e. The molecule has 12 heteroatoms. The van der Waals surface area contributed by atoms with E-state index in [1.807, 2.05) is 0 Å². The minimum atomic E-state index is -4.53. The molecule has 0 saturated heterocycles. The summed E-state index contributed by atoms with van der Waals surface area (Å²) in [6.45, 7) is -1.52. The molecule has 0 saturated carbocycles. The van der Waals surface area contributed by atoms with E-state index in [-0.39, 0.29) is 23.1 Å². The molecule has 0 fully saturated rings. The van der Waals surface area contributed by atoms with Crippen molar-refractivity contribution in [1.29, 1.82) is 0 Å². The fraction of sp³-hybridized carbons (Fsp3) is 0.118. The summed E-state index contributed by atoms with van der Waals surface area (Å²) in [4.78, 5) is 27.6. The molecule has 150 valence electrons. The Morgan fingerprint density at radius 3 is 2.62 bits per heavy atom. The van der Waals surface area contributed by atoms with Crippen molar-refractivity contribution in [2.24, 2.45) is 0 Å². The first-order valence-electron chi connectivity index (χ1n) is 7.97. The maximum Gasteiger partial charge on any atom is 0.422 e. The van der Waals surface area contributed by atoms with Gasteiger partial charge in [0.1, 0.15) is 17.1 Å². The summed E-state index contributed by atoms with van der Waals surface area (Å²) in [7, 11) is 0. The first-order valence-corrected chi connectivity index (χ1v) is 7.97. The third kappa shape index (κ3) is 5.82. The second-order valence-corrected chi connectivity index (χ2v) is 5.49. The molecule has 29 heavy (non-hydrogen) atoms. The lowest BCUT2D eigenvalue weighted by molar-refractivity contribution is -0.153. The van der Waals surface area contributed by atoms with Crippen molar-refractivity contribution >= 4 is 23.2 Å². The van der Waals surface area contributed by atoms with E-state index in [0.29, 0.717) is 5.69 Å². The molecule has 0 aliphatic heterocycles. The van der Waals surface area contributed by atoms with Crippen LogP contribution in [0.5, 0.6) is 5.75 Å². The lowest BCUT2D eigenvalue weighted by Crippen LogP contribution is -2.21. The van der Waals surface area contributed by atoms with E-state index in [0.717, 1.165) is 12.3 Å². The normalized spacial score (nSPS) is 11.0. The maximum absolute atomic E-state index is 12.9. The van der Waals surface area contributed by atoms with Crippen LogP contribution in [-0.4, -0.2) is 38.6 Å². The quantitative estimate of drug-likeness (QED) is 0.476. The number of aromatic nitrogens is 4. The number of hydrogen-bond donors (Lipinski definition) is 2. The molecule has 0 aliphatic rings. The van der Waals surface area contributed by atoms with Gasteiger partial charge in [-0.1, -0.05) is 0 Å². The Hall–Kier alpha value is -3.83. The zero-order valence-corrected chi connectivity index (χ0v) is 14.4. The molecule has 0 aromatic carbocycles. The van der Waals surface area contributed by atoms with Crippen molar-refractivity contribution in [3.05, 3.63) is 60.7 Å². The number of pyridine rings is 2. The first kappa shape index (κ1) is 19.9. The fourth-order valence-corrected chi connectivity index (χ4v) is 2.07. The van der Waals surface area contributed by atoms with Gasteiger partial charge in [0.2, 0.25) is 11.9 Å². The summed E-state index contributed by atoms with van der Waals surface area (Å²) >= 11 is 0. The Kier molecular flexibility index (Phi) is 5.81. The number of nitrogens with one attached hydrogen (secondary N) is 2. The summed E-state index contributed by atoms with van der Waals surface area (Å²) in [5, 5.41) is 5.13. The van der Waals surface area contributed by atoms with E-state index >= 15 is 0 Å². The number of ether oxygens (including phenoxy) is 1. The predicted octanol–water partition coefficient (Wildman–Crippen LogP) is 3.34. The molecule has 1 amide bonds. The molecule has 0 unspecified atom stereocenters. The molecule has 0 atom stereocenters. The van der Waals surface area contributed by atoms with Crippen LogP contribution in [0.1, 0.15) is 10.5 Å².